The maximum Gasteiger partial charge on any atom is 0.305 e. The van der Waals surface area contributed by atoms with Crippen LogP contribution in [0.4, 0.5) is 0 Å². The molecule has 0 heterocycles. The highest BCUT2D eigenvalue weighted by molar-refractivity contribution is 5.69. The molecule has 0 aliphatic rings. The van der Waals surface area contributed by atoms with E-state index in [1.54, 1.807) is 0 Å². The zero-order valence-corrected chi connectivity index (χ0v) is 15.0. The molecule has 0 N–H and O–H groups in total. The molecule has 0 saturated carbocycles. The molecule has 0 atom stereocenters. The van der Waals surface area contributed by atoms with Gasteiger partial charge in [0.25, 0.3) is 0 Å². The zero-order chi connectivity index (χ0) is 16.7. The van der Waals surface area contributed by atoms with Crippen molar-refractivity contribution >= 4 is 12.3 Å². The molecular formula is C19H36O3. The van der Waals surface area contributed by atoms with Crippen LogP contribution in [0.2, 0.25) is 0 Å². The van der Waals surface area contributed by atoms with Gasteiger partial charge in [-0.2, -0.15) is 0 Å². The number of rotatable bonds is 15. The van der Waals surface area contributed by atoms with Gasteiger partial charge in [0.1, 0.15) is 6.29 Å². The minimum atomic E-state index is -0.0514. The van der Waals surface area contributed by atoms with Crippen molar-refractivity contribution in [1.29, 1.82) is 0 Å². The van der Waals surface area contributed by atoms with Gasteiger partial charge in [0, 0.05) is 12.8 Å². The third kappa shape index (κ3) is 14.1. The van der Waals surface area contributed by atoms with Crippen LogP contribution in [-0.4, -0.2) is 18.9 Å². The molecule has 0 aromatic rings. The summed E-state index contributed by atoms with van der Waals surface area (Å²) in [6.07, 6.45) is 13.5. The molecule has 0 saturated heterocycles. The molecule has 0 aliphatic carbocycles. The van der Waals surface area contributed by atoms with Crippen LogP contribution in [0.3, 0.4) is 0 Å². The lowest BCUT2D eigenvalue weighted by Gasteiger charge is -2.24. The Morgan fingerprint density at radius 2 is 1.59 bits per heavy atom. The van der Waals surface area contributed by atoms with E-state index in [1.165, 1.54) is 25.7 Å². The van der Waals surface area contributed by atoms with Crippen LogP contribution in [0.15, 0.2) is 0 Å². The first-order chi connectivity index (χ1) is 10.5. The predicted octanol–water partition coefficient (Wildman–Crippen LogP) is 5.46. The molecule has 0 aliphatic heterocycles. The first-order valence-electron chi connectivity index (χ1n) is 9.11. The van der Waals surface area contributed by atoms with Gasteiger partial charge < -0.3 is 9.53 Å². The fourth-order valence-electron chi connectivity index (χ4n) is 2.48. The van der Waals surface area contributed by atoms with Crippen LogP contribution in [0.5, 0.6) is 0 Å². The number of esters is 1. The summed E-state index contributed by atoms with van der Waals surface area (Å²) in [5, 5.41) is 0. The van der Waals surface area contributed by atoms with Gasteiger partial charge in [0.2, 0.25) is 0 Å². The number of hydrogen-bond donors (Lipinski definition) is 0. The lowest BCUT2D eigenvalue weighted by molar-refractivity contribution is -0.147. The molecule has 0 aromatic carbocycles. The number of aldehydes is 1. The molecule has 3 heteroatoms. The molecule has 0 amide bonds. The van der Waals surface area contributed by atoms with Crippen molar-refractivity contribution in [2.75, 3.05) is 6.61 Å². The first kappa shape index (κ1) is 21.1. The van der Waals surface area contributed by atoms with E-state index in [0.717, 1.165) is 44.8 Å². The van der Waals surface area contributed by atoms with Crippen molar-refractivity contribution in [3.05, 3.63) is 0 Å². The van der Waals surface area contributed by atoms with Crippen molar-refractivity contribution < 1.29 is 14.3 Å². The van der Waals surface area contributed by atoms with Crippen molar-refractivity contribution in [3.63, 3.8) is 0 Å². The third-order valence-corrected chi connectivity index (χ3v) is 4.03. The normalized spacial score (nSPS) is 11.4. The van der Waals surface area contributed by atoms with Gasteiger partial charge in [-0.1, -0.05) is 65.7 Å². The fourth-order valence-corrected chi connectivity index (χ4v) is 2.48. The molecule has 0 rings (SSSR count). The van der Waals surface area contributed by atoms with Crippen molar-refractivity contribution in [1.82, 2.24) is 0 Å². The summed E-state index contributed by atoms with van der Waals surface area (Å²) in [5.41, 5.74) is 0.0396. The Kier molecular flexibility index (Phi) is 13.2. The summed E-state index contributed by atoms with van der Waals surface area (Å²) in [5.74, 6) is -0.0514. The van der Waals surface area contributed by atoms with Crippen molar-refractivity contribution in [2.24, 2.45) is 5.41 Å². The summed E-state index contributed by atoms with van der Waals surface area (Å²) in [6, 6.07) is 0. The monoisotopic (exact) mass is 312 g/mol. The smallest absolute Gasteiger partial charge is 0.305 e. The highest BCUT2D eigenvalue weighted by Gasteiger charge is 2.19. The second-order valence-corrected chi connectivity index (χ2v) is 7.11. The quantitative estimate of drug-likeness (QED) is 0.229. The molecule has 0 spiro atoms. The molecule has 22 heavy (non-hydrogen) atoms. The van der Waals surface area contributed by atoms with Gasteiger partial charge in [0.15, 0.2) is 0 Å². The molecule has 3 nitrogen and oxygen atoms in total. The highest BCUT2D eigenvalue weighted by atomic mass is 16.5. The van der Waals surface area contributed by atoms with Gasteiger partial charge in [-0.25, -0.2) is 0 Å². The van der Waals surface area contributed by atoms with Crippen LogP contribution in [0.25, 0.3) is 0 Å². The molecule has 0 fully saturated rings. The summed E-state index contributed by atoms with van der Waals surface area (Å²) < 4.78 is 5.42. The van der Waals surface area contributed by atoms with E-state index in [9.17, 15) is 9.59 Å². The van der Waals surface area contributed by atoms with Crippen LogP contribution in [-0.2, 0) is 14.3 Å². The number of unbranched alkanes of at least 4 members (excludes halogenated alkanes) is 8. The van der Waals surface area contributed by atoms with E-state index < -0.39 is 0 Å². The number of carbonyl (C=O) groups is 2. The minimum Gasteiger partial charge on any atom is -0.465 e. The van der Waals surface area contributed by atoms with Gasteiger partial charge in [-0.15, -0.1) is 0 Å². The summed E-state index contributed by atoms with van der Waals surface area (Å²) in [6.45, 7) is 7.01. The predicted molar refractivity (Wildman–Crippen MR) is 91.9 cm³/mol. The van der Waals surface area contributed by atoms with Gasteiger partial charge in [-0.05, 0) is 24.7 Å². The Morgan fingerprint density at radius 1 is 0.955 bits per heavy atom. The van der Waals surface area contributed by atoms with Gasteiger partial charge in [0.05, 0.1) is 6.61 Å². The molecule has 0 radical (unpaired) electrons. The van der Waals surface area contributed by atoms with E-state index in [1.807, 2.05) is 0 Å². The van der Waals surface area contributed by atoms with Crippen LogP contribution in [0, 0.1) is 5.41 Å². The van der Waals surface area contributed by atoms with E-state index >= 15 is 0 Å². The van der Waals surface area contributed by atoms with Crippen molar-refractivity contribution in [2.45, 2.75) is 97.8 Å². The first-order valence-corrected chi connectivity index (χ1v) is 9.11. The molecule has 0 bridgehead atoms. The van der Waals surface area contributed by atoms with E-state index in [0.29, 0.717) is 19.4 Å². The Morgan fingerprint density at radius 3 is 2.27 bits per heavy atom. The molecular weight excluding hydrogens is 276 g/mol. The Balaban J connectivity index is 3.58. The molecule has 0 unspecified atom stereocenters. The topological polar surface area (TPSA) is 43.4 Å². The van der Waals surface area contributed by atoms with E-state index in [4.69, 9.17) is 4.74 Å². The van der Waals surface area contributed by atoms with Crippen LogP contribution >= 0.6 is 0 Å². The SMILES string of the molecule is CCCCCCCCC(=O)OCC(C)(C)CCCCCC=O. The summed E-state index contributed by atoms with van der Waals surface area (Å²) >= 11 is 0. The number of ether oxygens (including phenoxy) is 1. The maximum absolute atomic E-state index is 11.7. The summed E-state index contributed by atoms with van der Waals surface area (Å²) in [7, 11) is 0. The van der Waals surface area contributed by atoms with Crippen LogP contribution in [0.1, 0.15) is 97.8 Å². The Hall–Kier alpha value is -0.860. The van der Waals surface area contributed by atoms with E-state index in [2.05, 4.69) is 20.8 Å². The fraction of sp³-hybridized carbons (Fsp3) is 0.895. The number of hydrogen-bond acceptors (Lipinski definition) is 3. The average Bonchev–Trinajstić information content (AvgIpc) is 2.48. The average molecular weight is 312 g/mol. The highest BCUT2D eigenvalue weighted by Crippen LogP contribution is 2.24. The lowest BCUT2D eigenvalue weighted by Crippen LogP contribution is -2.21. The Labute approximate surface area is 137 Å². The molecule has 130 valence electrons. The number of carbonyl (C=O) groups excluding carboxylic acids is 2. The second kappa shape index (κ2) is 13.8. The largest absolute Gasteiger partial charge is 0.465 e. The standard InChI is InChI=1S/C19H36O3/c1-4-5-6-7-8-11-14-18(21)22-17-19(2,3)15-12-9-10-13-16-20/h16H,4-15,17H2,1-3H3. The van der Waals surface area contributed by atoms with Crippen LogP contribution < -0.4 is 0 Å². The van der Waals surface area contributed by atoms with E-state index in [-0.39, 0.29) is 11.4 Å². The zero-order valence-electron chi connectivity index (χ0n) is 15.0. The Bertz CT molecular complexity index is 284. The van der Waals surface area contributed by atoms with Crippen molar-refractivity contribution in [3.8, 4) is 0 Å². The summed E-state index contributed by atoms with van der Waals surface area (Å²) in [4.78, 5) is 22.0. The second-order valence-electron chi connectivity index (χ2n) is 7.11. The van der Waals surface area contributed by atoms with Gasteiger partial charge >= 0.3 is 5.97 Å². The molecule has 0 aromatic heterocycles. The third-order valence-electron chi connectivity index (χ3n) is 4.03. The van der Waals surface area contributed by atoms with Gasteiger partial charge in [-0.3, -0.25) is 4.79 Å². The minimum absolute atomic E-state index is 0.0396. The maximum atomic E-state index is 11.7. The lowest BCUT2D eigenvalue weighted by atomic mass is 9.88.